The Balaban J connectivity index is 1.74. The molecule has 150 valence electrons. The average molecular weight is 404 g/mol. The molecule has 1 aliphatic heterocycles. The van der Waals surface area contributed by atoms with E-state index in [1.807, 2.05) is 11.0 Å². The summed E-state index contributed by atoms with van der Waals surface area (Å²) < 4.78 is 5.30. The molecule has 0 spiro atoms. The minimum Gasteiger partial charge on any atom is -0.475 e. The maximum Gasteiger partial charge on any atom is 0.371 e. The summed E-state index contributed by atoms with van der Waals surface area (Å²) in [5.74, 6) is 1.07. The van der Waals surface area contributed by atoms with Gasteiger partial charge in [-0.1, -0.05) is 25.6 Å². The highest BCUT2D eigenvalue weighted by molar-refractivity contribution is 7.98. The zero-order valence-corrected chi connectivity index (χ0v) is 17.0. The number of anilines is 1. The van der Waals surface area contributed by atoms with Crippen LogP contribution in [0.1, 0.15) is 48.7 Å². The molecule has 2 aromatic rings. The molecule has 0 unspecified atom stereocenters. The molecular formula is C19H24N4O4S. The van der Waals surface area contributed by atoms with Crippen LogP contribution in [0.3, 0.4) is 0 Å². The molecule has 9 heteroatoms. The van der Waals surface area contributed by atoms with Crippen LogP contribution in [0, 0.1) is 0 Å². The third-order valence-corrected chi connectivity index (χ3v) is 5.44. The highest BCUT2D eigenvalue weighted by Crippen LogP contribution is 2.26. The number of aromatic nitrogens is 2. The number of carboxylic acid groups (broad SMARTS) is 1. The number of hydrogen-bond acceptors (Lipinski definition) is 7. The van der Waals surface area contributed by atoms with E-state index in [2.05, 4.69) is 28.7 Å². The van der Waals surface area contributed by atoms with Gasteiger partial charge in [0.05, 0.1) is 5.75 Å². The molecule has 1 saturated heterocycles. The molecule has 2 aromatic heterocycles. The second kappa shape index (κ2) is 8.64. The number of piperazine rings is 1. The molecule has 0 radical (unpaired) electrons. The molecule has 0 saturated carbocycles. The Kier molecular flexibility index (Phi) is 6.23. The van der Waals surface area contributed by atoms with Gasteiger partial charge in [-0.2, -0.15) is 0 Å². The van der Waals surface area contributed by atoms with Crippen molar-refractivity contribution in [3.8, 4) is 0 Å². The number of rotatable bonds is 6. The average Bonchev–Trinajstić information content (AvgIpc) is 3.15. The predicted octanol–water partition coefficient (Wildman–Crippen LogP) is 2.85. The summed E-state index contributed by atoms with van der Waals surface area (Å²) in [4.78, 5) is 35.8. The van der Waals surface area contributed by atoms with Crippen molar-refractivity contribution >= 4 is 29.5 Å². The van der Waals surface area contributed by atoms with Crippen molar-refractivity contribution in [1.82, 2.24) is 14.9 Å². The minimum atomic E-state index is -1.08. The third-order valence-electron chi connectivity index (χ3n) is 4.57. The molecule has 1 amide bonds. The van der Waals surface area contributed by atoms with Crippen molar-refractivity contribution in [1.29, 1.82) is 0 Å². The fraction of sp³-hybridized carbons (Fsp3) is 0.474. The summed E-state index contributed by atoms with van der Waals surface area (Å²) in [5.41, 5.74) is 0.951. The number of amides is 1. The van der Waals surface area contributed by atoms with E-state index in [-0.39, 0.29) is 17.6 Å². The van der Waals surface area contributed by atoms with E-state index in [1.54, 1.807) is 13.0 Å². The second-order valence-electron chi connectivity index (χ2n) is 6.94. The SMILES string of the molecule is CC(=O)N1CCN(c2cc(C(C)C)nc(SCc3ccc(C(=O)O)o3)n2)CC1. The number of furan rings is 1. The lowest BCUT2D eigenvalue weighted by atomic mass is 10.1. The van der Waals surface area contributed by atoms with Gasteiger partial charge in [0.25, 0.3) is 0 Å². The van der Waals surface area contributed by atoms with E-state index in [0.717, 1.165) is 24.6 Å². The van der Waals surface area contributed by atoms with Crippen LogP contribution in [0.25, 0.3) is 0 Å². The first-order valence-corrected chi connectivity index (χ1v) is 10.2. The van der Waals surface area contributed by atoms with Crippen molar-refractivity contribution < 1.29 is 19.1 Å². The maximum absolute atomic E-state index is 11.5. The minimum absolute atomic E-state index is 0.0727. The highest BCUT2D eigenvalue weighted by atomic mass is 32.2. The summed E-state index contributed by atoms with van der Waals surface area (Å²) in [6, 6.07) is 5.11. The van der Waals surface area contributed by atoms with Crippen molar-refractivity contribution in [2.75, 3.05) is 31.1 Å². The smallest absolute Gasteiger partial charge is 0.371 e. The number of nitrogens with zero attached hydrogens (tertiary/aromatic N) is 4. The van der Waals surface area contributed by atoms with Crippen molar-refractivity contribution in [3.63, 3.8) is 0 Å². The van der Waals surface area contributed by atoms with Gasteiger partial charge in [-0.05, 0) is 18.1 Å². The Hall–Kier alpha value is -2.55. The first kappa shape index (κ1) is 20.2. The standard InChI is InChI=1S/C19H24N4O4S/c1-12(2)15-10-17(23-8-6-22(7-9-23)13(3)24)21-19(20-15)28-11-14-4-5-16(27-14)18(25)26/h4-5,10,12H,6-9,11H2,1-3H3,(H,25,26). The van der Waals surface area contributed by atoms with Crippen LogP contribution in [0.5, 0.6) is 0 Å². The number of hydrogen-bond donors (Lipinski definition) is 1. The van der Waals surface area contributed by atoms with Crippen LogP contribution in [0.2, 0.25) is 0 Å². The van der Waals surface area contributed by atoms with Crippen LogP contribution < -0.4 is 4.90 Å². The van der Waals surface area contributed by atoms with E-state index in [9.17, 15) is 9.59 Å². The number of aromatic carboxylic acids is 1. The van der Waals surface area contributed by atoms with Gasteiger partial charge in [0.15, 0.2) is 5.16 Å². The molecule has 1 fully saturated rings. The normalized spacial score (nSPS) is 14.6. The second-order valence-corrected chi connectivity index (χ2v) is 7.88. The first-order valence-electron chi connectivity index (χ1n) is 9.17. The summed E-state index contributed by atoms with van der Waals surface area (Å²) >= 11 is 1.41. The molecule has 0 atom stereocenters. The quantitative estimate of drug-likeness (QED) is 0.579. The van der Waals surface area contributed by atoms with Crippen LogP contribution in [0.4, 0.5) is 5.82 Å². The van der Waals surface area contributed by atoms with Gasteiger partial charge in [-0.25, -0.2) is 14.8 Å². The van der Waals surface area contributed by atoms with E-state index in [4.69, 9.17) is 9.52 Å². The van der Waals surface area contributed by atoms with Gasteiger partial charge in [0.1, 0.15) is 11.6 Å². The molecule has 0 aliphatic carbocycles. The molecule has 8 nitrogen and oxygen atoms in total. The summed E-state index contributed by atoms with van der Waals surface area (Å²) in [6.45, 7) is 8.60. The molecule has 0 aromatic carbocycles. The highest BCUT2D eigenvalue weighted by Gasteiger charge is 2.21. The molecule has 0 bridgehead atoms. The monoisotopic (exact) mass is 404 g/mol. The summed E-state index contributed by atoms with van der Waals surface area (Å²) in [5, 5.41) is 9.59. The van der Waals surface area contributed by atoms with E-state index < -0.39 is 5.97 Å². The van der Waals surface area contributed by atoms with Crippen LogP contribution in [0.15, 0.2) is 27.8 Å². The number of thioether (sulfide) groups is 1. The topological polar surface area (TPSA) is 99.8 Å². The van der Waals surface area contributed by atoms with Crippen LogP contribution >= 0.6 is 11.8 Å². The summed E-state index contributed by atoms with van der Waals surface area (Å²) in [6.07, 6.45) is 0. The fourth-order valence-electron chi connectivity index (χ4n) is 2.91. The lowest BCUT2D eigenvalue weighted by Gasteiger charge is -2.35. The van der Waals surface area contributed by atoms with Gasteiger partial charge >= 0.3 is 5.97 Å². The molecule has 1 aliphatic rings. The van der Waals surface area contributed by atoms with Gasteiger partial charge in [-0.15, -0.1) is 0 Å². The van der Waals surface area contributed by atoms with Crippen molar-refractivity contribution in [2.24, 2.45) is 0 Å². The van der Waals surface area contributed by atoms with Gasteiger partial charge in [-0.3, -0.25) is 4.79 Å². The zero-order chi connectivity index (χ0) is 20.3. The number of carbonyl (C=O) groups excluding carboxylic acids is 1. The van der Waals surface area contributed by atoms with Crippen molar-refractivity contribution in [3.05, 3.63) is 35.4 Å². The van der Waals surface area contributed by atoms with E-state index >= 15 is 0 Å². The fourth-order valence-corrected chi connectivity index (χ4v) is 3.66. The van der Waals surface area contributed by atoms with E-state index in [1.165, 1.54) is 17.8 Å². The van der Waals surface area contributed by atoms with Gasteiger partial charge in [0.2, 0.25) is 11.7 Å². The Morgan fingerprint density at radius 1 is 1.21 bits per heavy atom. The zero-order valence-electron chi connectivity index (χ0n) is 16.2. The maximum atomic E-state index is 11.5. The predicted molar refractivity (Wildman–Crippen MR) is 106 cm³/mol. The lowest BCUT2D eigenvalue weighted by Crippen LogP contribution is -2.48. The third kappa shape index (κ3) is 4.83. The van der Waals surface area contributed by atoms with Crippen molar-refractivity contribution in [2.45, 2.75) is 37.6 Å². The summed E-state index contributed by atoms with van der Waals surface area (Å²) in [7, 11) is 0. The molecule has 3 heterocycles. The van der Waals surface area contributed by atoms with Gasteiger partial charge < -0.3 is 19.3 Å². The van der Waals surface area contributed by atoms with E-state index in [0.29, 0.717) is 29.8 Å². The molecular weight excluding hydrogens is 380 g/mol. The first-order chi connectivity index (χ1) is 13.3. The molecule has 3 rings (SSSR count). The number of carboxylic acids is 1. The van der Waals surface area contributed by atoms with Gasteiger partial charge in [0, 0.05) is 44.9 Å². The number of carbonyl (C=O) groups is 2. The largest absolute Gasteiger partial charge is 0.475 e. The van der Waals surface area contributed by atoms with Crippen LogP contribution in [-0.4, -0.2) is 58.0 Å². The Morgan fingerprint density at radius 2 is 1.93 bits per heavy atom. The molecule has 28 heavy (non-hydrogen) atoms. The van der Waals surface area contributed by atoms with Crippen LogP contribution in [-0.2, 0) is 10.5 Å². The Morgan fingerprint density at radius 3 is 2.50 bits per heavy atom. The Labute approximate surface area is 167 Å². The Bertz CT molecular complexity index is 859. The lowest BCUT2D eigenvalue weighted by molar-refractivity contribution is -0.129. The molecule has 1 N–H and O–H groups in total.